The summed E-state index contributed by atoms with van der Waals surface area (Å²) >= 11 is 0. The van der Waals surface area contributed by atoms with Gasteiger partial charge in [0.2, 0.25) is 0 Å². The Bertz CT molecular complexity index is 573. The van der Waals surface area contributed by atoms with Gasteiger partial charge in [-0.05, 0) is 17.7 Å². The van der Waals surface area contributed by atoms with Gasteiger partial charge in [-0.1, -0.05) is 44.2 Å². The van der Waals surface area contributed by atoms with E-state index < -0.39 is 0 Å². The summed E-state index contributed by atoms with van der Waals surface area (Å²) in [6.07, 6.45) is 0. The van der Waals surface area contributed by atoms with E-state index in [4.69, 9.17) is 10.2 Å². The Hall–Kier alpha value is -2.07. The summed E-state index contributed by atoms with van der Waals surface area (Å²) in [5.41, 5.74) is 6.50. The van der Waals surface area contributed by atoms with Crippen LogP contribution < -0.4 is 11.1 Å². The van der Waals surface area contributed by atoms with Crippen LogP contribution in [0.3, 0.4) is 0 Å². The molecule has 106 valence electrons. The number of nitrogens with two attached hydrogens (primary N) is 1. The van der Waals surface area contributed by atoms with Crippen LogP contribution in [0.1, 0.15) is 35.7 Å². The standard InChI is InChI=1S/C16H20N2O2/c1-16(2,12-6-4-3-5-7-12)11-18-15(19)14-9-8-13(10-17)20-14/h3-9H,10-11,17H2,1-2H3,(H,18,19). The van der Waals surface area contributed by atoms with Gasteiger partial charge in [0.05, 0.1) is 6.54 Å². The number of benzene rings is 1. The van der Waals surface area contributed by atoms with Gasteiger partial charge in [-0.2, -0.15) is 0 Å². The normalized spacial score (nSPS) is 11.3. The highest BCUT2D eigenvalue weighted by molar-refractivity contribution is 5.91. The van der Waals surface area contributed by atoms with E-state index in [1.165, 1.54) is 5.56 Å². The summed E-state index contributed by atoms with van der Waals surface area (Å²) in [5.74, 6) is 0.695. The average molecular weight is 272 g/mol. The highest BCUT2D eigenvalue weighted by Gasteiger charge is 2.22. The Morgan fingerprint density at radius 3 is 2.50 bits per heavy atom. The van der Waals surface area contributed by atoms with E-state index in [2.05, 4.69) is 31.3 Å². The number of carbonyl (C=O) groups is 1. The molecule has 0 spiro atoms. The molecular weight excluding hydrogens is 252 g/mol. The van der Waals surface area contributed by atoms with Crippen molar-refractivity contribution in [3.05, 3.63) is 59.5 Å². The van der Waals surface area contributed by atoms with Crippen molar-refractivity contribution >= 4 is 5.91 Å². The Kier molecular flexibility index (Phi) is 4.25. The third-order valence-electron chi connectivity index (χ3n) is 3.33. The van der Waals surface area contributed by atoms with Gasteiger partial charge in [-0.15, -0.1) is 0 Å². The molecule has 2 aromatic rings. The number of nitrogens with one attached hydrogen (secondary N) is 1. The first-order chi connectivity index (χ1) is 9.53. The first-order valence-corrected chi connectivity index (χ1v) is 6.65. The van der Waals surface area contributed by atoms with Crippen LogP contribution >= 0.6 is 0 Å². The third-order valence-corrected chi connectivity index (χ3v) is 3.33. The number of carbonyl (C=O) groups excluding carboxylic acids is 1. The quantitative estimate of drug-likeness (QED) is 0.878. The topological polar surface area (TPSA) is 68.3 Å². The zero-order valence-corrected chi connectivity index (χ0v) is 11.8. The number of furan rings is 1. The summed E-state index contributed by atoms with van der Waals surface area (Å²) in [6, 6.07) is 13.5. The summed E-state index contributed by atoms with van der Waals surface area (Å²) in [5, 5.41) is 2.90. The molecule has 2 rings (SSSR count). The Balaban J connectivity index is 1.99. The minimum atomic E-state index is -0.214. The molecule has 1 aromatic heterocycles. The zero-order chi connectivity index (χ0) is 14.6. The van der Waals surface area contributed by atoms with E-state index in [0.717, 1.165) is 0 Å². The molecule has 0 aliphatic carbocycles. The first-order valence-electron chi connectivity index (χ1n) is 6.65. The Labute approximate surface area is 119 Å². The molecule has 4 nitrogen and oxygen atoms in total. The zero-order valence-electron chi connectivity index (χ0n) is 11.8. The number of amides is 1. The predicted octanol–water partition coefficient (Wildman–Crippen LogP) is 2.45. The molecule has 0 saturated carbocycles. The Morgan fingerprint density at radius 2 is 1.90 bits per heavy atom. The highest BCUT2D eigenvalue weighted by Crippen LogP contribution is 2.21. The molecule has 20 heavy (non-hydrogen) atoms. The van der Waals surface area contributed by atoms with Crippen molar-refractivity contribution < 1.29 is 9.21 Å². The van der Waals surface area contributed by atoms with Crippen LogP contribution in [0.4, 0.5) is 0 Å². The lowest BCUT2D eigenvalue weighted by atomic mass is 9.84. The van der Waals surface area contributed by atoms with E-state index in [9.17, 15) is 4.79 Å². The molecule has 0 saturated heterocycles. The van der Waals surface area contributed by atoms with Gasteiger partial charge in [-0.25, -0.2) is 0 Å². The van der Waals surface area contributed by atoms with Crippen molar-refractivity contribution in [1.82, 2.24) is 5.32 Å². The van der Waals surface area contributed by atoms with E-state index in [1.807, 2.05) is 18.2 Å². The van der Waals surface area contributed by atoms with Crippen molar-refractivity contribution in [2.45, 2.75) is 25.8 Å². The molecule has 0 atom stereocenters. The maximum absolute atomic E-state index is 12.0. The second-order valence-corrected chi connectivity index (χ2v) is 5.40. The van der Waals surface area contributed by atoms with Crippen LogP contribution in [0.5, 0.6) is 0 Å². The molecule has 0 bridgehead atoms. The summed E-state index contributed by atoms with van der Waals surface area (Å²) in [4.78, 5) is 12.0. The molecule has 0 unspecified atom stereocenters. The first kappa shape index (κ1) is 14.3. The minimum Gasteiger partial charge on any atom is -0.455 e. The van der Waals surface area contributed by atoms with Crippen LogP contribution in [0.15, 0.2) is 46.9 Å². The highest BCUT2D eigenvalue weighted by atomic mass is 16.4. The molecule has 0 aliphatic rings. The summed E-state index contributed by atoms with van der Waals surface area (Å²) < 4.78 is 5.33. The fraction of sp³-hybridized carbons (Fsp3) is 0.312. The van der Waals surface area contributed by atoms with Crippen LogP contribution in [0.2, 0.25) is 0 Å². The fourth-order valence-electron chi connectivity index (χ4n) is 1.99. The van der Waals surface area contributed by atoms with Crippen molar-refractivity contribution in [3.8, 4) is 0 Å². The lowest BCUT2D eigenvalue weighted by Gasteiger charge is -2.25. The number of hydrogen-bond acceptors (Lipinski definition) is 3. The van der Waals surface area contributed by atoms with Gasteiger partial charge in [0.25, 0.3) is 5.91 Å². The maximum atomic E-state index is 12.0. The van der Waals surface area contributed by atoms with Gasteiger partial charge < -0.3 is 15.5 Å². The van der Waals surface area contributed by atoms with Gasteiger partial charge in [0, 0.05) is 12.0 Å². The van der Waals surface area contributed by atoms with Gasteiger partial charge >= 0.3 is 0 Å². The molecule has 1 heterocycles. The molecule has 1 amide bonds. The minimum absolute atomic E-state index is 0.139. The second kappa shape index (κ2) is 5.92. The van der Waals surface area contributed by atoms with Crippen LogP contribution in [0.25, 0.3) is 0 Å². The van der Waals surface area contributed by atoms with Crippen molar-refractivity contribution in [2.24, 2.45) is 5.73 Å². The molecule has 0 aliphatic heterocycles. The SMILES string of the molecule is CC(C)(CNC(=O)c1ccc(CN)o1)c1ccccc1. The van der Waals surface area contributed by atoms with Gasteiger partial charge in [-0.3, -0.25) is 4.79 Å². The van der Waals surface area contributed by atoms with Crippen molar-refractivity contribution in [2.75, 3.05) is 6.54 Å². The second-order valence-electron chi connectivity index (χ2n) is 5.40. The van der Waals surface area contributed by atoms with Crippen LogP contribution in [-0.2, 0) is 12.0 Å². The third kappa shape index (κ3) is 3.27. The maximum Gasteiger partial charge on any atom is 0.287 e. The molecular formula is C16H20N2O2. The van der Waals surface area contributed by atoms with Gasteiger partial charge in [0.1, 0.15) is 5.76 Å². The molecule has 0 radical (unpaired) electrons. The lowest BCUT2D eigenvalue weighted by Crippen LogP contribution is -2.36. The van der Waals surface area contributed by atoms with E-state index in [0.29, 0.717) is 24.6 Å². The van der Waals surface area contributed by atoms with E-state index in [-0.39, 0.29) is 11.3 Å². The van der Waals surface area contributed by atoms with Gasteiger partial charge in [0.15, 0.2) is 5.76 Å². The van der Waals surface area contributed by atoms with Crippen molar-refractivity contribution in [3.63, 3.8) is 0 Å². The molecule has 0 fully saturated rings. The summed E-state index contributed by atoms with van der Waals surface area (Å²) in [6.45, 7) is 5.02. The lowest BCUT2D eigenvalue weighted by molar-refractivity contribution is 0.0916. The number of hydrogen-bond donors (Lipinski definition) is 2. The van der Waals surface area contributed by atoms with Crippen LogP contribution in [-0.4, -0.2) is 12.5 Å². The van der Waals surface area contributed by atoms with Crippen LogP contribution in [0, 0.1) is 0 Å². The smallest absolute Gasteiger partial charge is 0.287 e. The van der Waals surface area contributed by atoms with E-state index in [1.54, 1.807) is 12.1 Å². The van der Waals surface area contributed by atoms with E-state index >= 15 is 0 Å². The molecule has 3 N–H and O–H groups in total. The number of rotatable bonds is 5. The largest absolute Gasteiger partial charge is 0.455 e. The van der Waals surface area contributed by atoms with Crippen molar-refractivity contribution in [1.29, 1.82) is 0 Å². The molecule has 4 heteroatoms. The average Bonchev–Trinajstić information content (AvgIpc) is 2.95. The summed E-state index contributed by atoms with van der Waals surface area (Å²) in [7, 11) is 0. The Morgan fingerprint density at radius 1 is 1.20 bits per heavy atom. The fourth-order valence-corrected chi connectivity index (χ4v) is 1.99. The monoisotopic (exact) mass is 272 g/mol. The molecule has 1 aromatic carbocycles. The predicted molar refractivity (Wildman–Crippen MR) is 78.4 cm³/mol.